The summed E-state index contributed by atoms with van der Waals surface area (Å²) in [6, 6.07) is 16.4. The molecule has 33 heavy (non-hydrogen) atoms. The fourth-order valence-corrected chi connectivity index (χ4v) is 4.23. The van der Waals surface area contributed by atoms with Gasteiger partial charge < -0.3 is 5.11 Å². The van der Waals surface area contributed by atoms with E-state index in [1.54, 1.807) is 30.6 Å². The van der Waals surface area contributed by atoms with Crippen LogP contribution in [-0.4, -0.2) is 42.7 Å². The van der Waals surface area contributed by atoms with Gasteiger partial charge in [-0.05, 0) is 54.6 Å². The highest BCUT2D eigenvalue weighted by atomic mass is 79.9. The Kier molecular flexibility index (Phi) is 7.53. The molecule has 0 fully saturated rings. The van der Waals surface area contributed by atoms with Gasteiger partial charge in [0.25, 0.3) is 5.91 Å². The zero-order valence-corrected chi connectivity index (χ0v) is 20.9. The molecule has 1 amide bonds. The Hall–Kier alpha value is -3.02. The van der Waals surface area contributed by atoms with Crippen LogP contribution in [0, 0.1) is 0 Å². The molecule has 0 aliphatic heterocycles. The van der Waals surface area contributed by atoms with E-state index in [9.17, 15) is 9.90 Å². The van der Waals surface area contributed by atoms with Gasteiger partial charge in [-0.2, -0.15) is 5.10 Å². The highest BCUT2D eigenvalue weighted by Crippen LogP contribution is 2.28. The number of phenolic OH excluding ortho intramolecular Hbond substituents is 1. The number of nitrogens with zero attached hydrogens (tertiary/aromatic N) is 5. The number of benzene rings is 2. The van der Waals surface area contributed by atoms with Gasteiger partial charge in [0.05, 0.1) is 12.0 Å². The van der Waals surface area contributed by atoms with Gasteiger partial charge in [-0.15, -0.1) is 10.2 Å². The maximum absolute atomic E-state index is 12.3. The van der Waals surface area contributed by atoms with Crippen LogP contribution in [0.1, 0.15) is 5.56 Å². The topological polar surface area (TPSA) is 105 Å². The fraction of sp³-hybridized carbons (Fsp3) is 0.0455. The summed E-state index contributed by atoms with van der Waals surface area (Å²) in [6.07, 6.45) is 4.77. The number of halogens is 2. The third-order valence-corrected chi connectivity index (χ3v) is 6.32. The van der Waals surface area contributed by atoms with Gasteiger partial charge in [0.1, 0.15) is 5.75 Å². The van der Waals surface area contributed by atoms with Crippen molar-refractivity contribution in [2.45, 2.75) is 5.16 Å². The van der Waals surface area contributed by atoms with E-state index in [4.69, 9.17) is 0 Å². The highest BCUT2D eigenvalue weighted by Gasteiger charge is 2.17. The third kappa shape index (κ3) is 5.86. The van der Waals surface area contributed by atoms with Crippen molar-refractivity contribution in [2.75, 3.05) is 5.75 Å². The third-order valence-electron chi connectivity index (χ3n) is 4.37. The summed E-state index contributed by atoms with van der Waals surface area (Å²) >= 11 is 8.02. The number of nitrogens with one attached hydrogen (secondary N) is 1. The average Bonchev–Trinajstić information content (AvgIpc) is 3.25. The predicted molar refractivity (Wildman–Crippen MR) is 135 cm³/mol. The summed E-state index contributed by atoms with van der Waals surface area (Å²) in [5.41, 5.74) is 4.66. The molecule has 0 saturated carbocycles. The van der Waals surface area contributed by atoms with E-state index in [2.05, 4.69) is 57.6 Å². The number of aromatic hydroxyl groups is 1. The quantitative estimate of drug-likeness (QED) is 0.183. The number of hydrazone groups is 1. The first-order valence-electron chi connectivity index (χ1n) is 9.56. The molecule has 4 aromatic rings. The minimum absolute atomic E-state index is 0.0665. The summed E-state index contributed by atoms with van der Waals surface area (Å²) in [7, 11) is 0. The monoisotopic (exact) mass is 586 g/mol. The lowest BCUT2D eigenvalue weighted by molar-refractivity contribution is -0.118. The maximum atomic E-state index is 12.3. The highest BCUT2D eigenvalue weighted by molar-refractivity contribution is 9.10. The number of hydrogen-bond acceptors (Lipinski definition) is 7. The van der Waals surface area contributed by atoms with Gasteiger partial charge in [0.2, 0.25) is 0 Å². The Morgan fingerprint density at radius 3 is 2.55 bits per heavy atom. The lowest BCUT2D eigenvalue weighted by Gasteiger charge is -2.10. The number of amides is 1. The largest absolute Gasteiger partial charge is 0.507 e. The van der Waals surface area contributed by atoms with Crippen molar-refractivity contribution in [1.29, 1.82) is 0 Å². The summed E-state index contributed by atoms with van der Waals surface area (Å²) in [5, 5.41) is 23.0. The van der Waals surface area contributed by atoms with Crippen LogP contribution in [0.2, 0.25) is 0 Å². The first-order chi connectivity index (χ1) is 16.0. The molecular weight excluding hydrogens is 572 g/mol. The van der Waals surface area contributed by atoms with Crippen LogP contribution in [-0.2, 0) is 4.79 Å². The number of carbonyl (C=O) groups is 1. The van der Waals surface area contributed by atoms with E-state index in [1.807, 2.05) is 41.0 Å². The molecule has 2 aromatic carbocycles. The van der Waals surface area contributed by atoms with Crippen LogP contribution in [0.25, 0.3) is 17.1 Å². The Bertz CT molecular complexity index is 1300. The molecule has 8 nitrogen and oxygen atoms in total. The molecule has 0 bridgehead atoms. The molecule has 11 heteroatoms. The van der Waals surface area contributed by atoms with Gasteiger partial charge in [-0.1, -0.05) is 43.6 Å². The van der Waals surface area contributed by atoms with Crippen LogP contribution >= 0.6 is 43.6 Å². The molecule has 0 unspecified atom stereocenters. The fourth-order valence-electron chi connectivity index (χ4n) is 2.84. The number of aromatic nitrogens is 4. The van der Waals surface area contributed by atoms with E-state index in [0.717, 1.165) is 20.2 Å². The number of thioether (sulfide) groups is 1. The van der Waals surface area contributed by atoms with Gasteiger partial charge in [0.15, 0.2) is 11.0 Å². The zero-order chi connectivity index (χ0) is 23.2. The number of carbonyl (C=O) groups excluding carboxylic acids is 1. The molecule has 0 saturated heterocycles. The van der Waals surface area contributed by atoms with Crippen molar-refractivity contribution in [3.63, 3.8) is 0 Å². The van der Waals surface area contributed by atoms with E-state index < -0.39 is 0 Å². The Morgan fingerprint density at radius 1 is 1.06 bits per heavy atom. The SMILES string of the molecule is O=C(CSc1nnc(-c2ccncc2)n1-c1ccc(Br)cc1)N/N=C\c1cc(Br)ccc1O. The average molecular weight is 588 g/mol. The van der Waals surface area contributed by atoms with Crippen molar-refractivity contribution in [1.82, 2.24) is 25.2 Å². The number of hydrogen-bond donors (Lipinski definition) is 2. The Balaban J connectivity index is 1.50. The minimum Gasteiger partial charge on any atom is -0.507 e. The molecule has 2 heterocycles. The summed E-state index contributed by atoms with van der Waals surface area (Å²) in [4.78, 5) is 16.4. The molecule has 166 valence electrons. The van der Waals surface area contributed by atoms with Crippen molar-refractivity contribution in [3.05, 3.63) is 81.5 Å². The van der Waals surface area contributed by atoms with Gasteiger partial charge in [-0.3, -0.25) is 14.3 Å². The second kappa shape index (κ2) is 10.7. The van der Waals surface area contributed by atoms with Crippen molar-refractivity contribution in [2.24, 2.45) is 5.10 Å². The van der Waals surface area contributed by atoms with E-state index in [0.29, 0.717) is 16.5 Å². The molecule has 2 N–H and O–H groups in total. The first-order valence-corrected chi connectivity index (χ1v) is 12.1. The molecule has 0 aliphatic carbocycles. The molecule has 0 spiro atoms. The number of pyridine rings is 1. The van der Waals surface area contributed by atoms with E-state index >= 15 is 0 Å². The van der Waals surface area contributed by atoms with Gasteiger partial charge in [0, 0.05) is 38.2 Å². The molecule has 0 radical (unpaired) electrons. The molecular formula is C22H16Br2N6O2S. The Morgan fingerprint density at radius 2 is 1.79 bits per heavy atom. The smallest absolute Gasteiger partial charge is 0.250 e. The lowest BCUT2D eigenvalue weighted by Crippen LogP contribution is -2.20. The first kappa shape index (κ1) is 23.1. The van der Waals surface area contributed by atoms with Gasteiger partial charge >= 0.3 is 0 Å². The van der Waals surface area contributed by atoms with Gasteiger partial charge in [-0.25, -0.2) is 5.43 Å². The van der Waals surface area contributed by atoms with Crippen LogP contribution in [0.15, 0.2) is 86.2 Å². The standard InChI is InChI=1S/C22H16Br2N6O2S/c23-16-1-4-18(5-2-16)30-21(14-7-9-25-10-8-14)28-29-22(30)33-13-20(32)27-26-12-15-11-17(24)3-6-19(15)31/h1-12,31H,13H2,(H,27,32)/b26-12-. The van der Waals surface area contributed by atoms with Crippen LogP contribution < -0.4 is 5.43 Å². The molecule has 0 atom stereocenters. The van der Waals surface area contributed by atoms with Crippen molar-refractivity contribution < 1.29 is 9.90 Å². The lowest BCUT2D eigenvalue weighted by atomic mass is 10.2. The second-order valence-electron chi connectivity index (χ2n) is 6.64. The van der Waals surface area contributed by atoms with Crippen LogP contribution in [0.4, 0.5) is 0 Å². The molecule has 2 aromatic heterocycles. The summed E-state index contributed by atoms with van der Waals surface area (Å²) in [6.45, 7) is 0. The number of phenols is 1. The van der Waals surface area contributed by atoms with Crippen molar-refractivity contribution >= 4 is 55.7 Å². The minimum atomic E-state index is -0.318. The maximum Gasteiger partial charge on any atom is 0.250 e. The van der Waals surface area contributed by atoms with Crippen LogP contribution in [0.3, 0.4) is 0 Å². The number of rotatable bonds is 7. The van der Waals surface area contributed by atoms with E-state index in [-0.39, 0.29) is 17.4 Å². The predicted octanol–water partition coefficient (Wildman–Crippen LogP) is 4.80. The van der Waals surface area contributed by atoms with E-state index in [1.165, 1.54) is 18.0 Å². The zero-order valence-electron chi connectivity index (χ0n) is 16.9. The molecule has 4 rings (SSSR count). The normalized spacial score (nSPS) is 11.1. The van der Waals surface area contributed by atoms with Crippen molar-refractivity contribution in [3.8, 4) is 22.8 Å². The molecule has 0 aliphatic rings. The summed E-state index contributed by atoms with van der Waals surface area (Å²) < 4.78 is 3.64. The Labute approximate surface area is 210 Å². The summed E-state index contributed by atoms with van der Waals surface area (Å²) in [5.74, 6) is 0.469. The second-order valence-corrected chi connectivity index (χ2v) is 9.41. The van der Waals surface area contributed by atoms with Crippen LogP contribution in [0.5, 0.6) is 5.75 Å².